The number of hydrogen-bond donors (Lipinski definition) is 2. The Morgan fingerprint density at radius 3 is 2.41 bits per heavy atom. The third kappa shape index (κ3) is 5.17. The van der Waals surface area contributed by atoms with Crippen LogP contribution in [0.2, 0.25) is 0 Å². The molecule has 0 fully saturated rings. The lowest BCUT2D eigenvalue weighted by Gasteiger charge is -2.14. The van der Waals surface area contributed by atoms with Crippen molar-refractivity contribution >= 4 is 28.1 Å². The lowest BCUT2D eigenvalue weighted by molar-refractivity contribution is -0.121. The standard InChI is InChI=1S/C23H25N3O/c1-3-21(15-18-9-5-4-6-10-18)25-26-23(27)17(2)24-22-14-13-19-11-7-8-12-20(19)16-22/h4-14,16-17,24H,3,15H2,1-2H3,(H,26,27)/b25-21+. The summed E-state index contributed by atoms with van der Waals surface area (Å²) in [5.74, 6) is -0.151. The minimum Gasteiger partial charge on any atom is -0.374 e. The number of amides is 1. The number of rotatable bonds is 7. The Hall–Kier alpha value is -3.14. The van der Waals surface area contributed by atoms with Crippen LogP contribution in [0.5, 0.6) is 0 Å². The van der Waals surface area contributed by atoms with Gasteiger partial charge in [0.1, 0.15) is 6.04 Å². The predicted molar refractivity (Wildman–Crippen MR) is 113 cm³/mol. The highest BCUT2D eigenvalue weighted by atomic mass is 16.2. The van der Waals surface area contributed by atoms with E-state index < -0.39 is 0 Å². The molecule has 0 bridgehead atoms. The normalized spacial score (nSPS) is 12.6. The first-order valence-electron chi connectivity index (χ1n) is 9.30. The van der Waals surface area contributed by atoms with Crippen LogP contribution in [-0.2, 0) is 11.2 Å². The second-order valence-corrected chi connectivity index (χ2v) is 6.60. The van der Waals surface area contributed by atoms with E-state index in [4.69, 9.17) is 0 Å². The first kappa shape index (κ1) is 18.6. The Morgan fingerprint density at radius 1 is 0.963 bits per heavy atom. The smallest absolute Gasteiger partial charge is 0.262 e. The summed E-state index contributed by atoms with van der Waals surface area (Å²) in [5, 5.41) is 9.89. The second-order valence-electron chi connectivity index (χ2n) is 6.60. The van der Waals surface area contributed by atoms with Crippen molar-refractivity contribution in [2.75, 3.05) is 5.32 Å². The number of carbonyl (C=O) groups excluding carboxylic acids is 1. The molecule has 1 atom stereocenters. The van der Waals surface area contributed by atoms with Crippen molar-refractivity contribution in [2.24, 2.45) is 5.10 Å². The van der Waals surface area contributed by atoms with Crippen molar-refractivity contribution in [3.63, 3.8) is 0 Å². The molecular weight excluding hydrogens is 334 g/mol. The molecule has 0 aliphatic carbocycles. The molecule has 2 N–H and O–H groups in total. The van der Waals surface area contributed by atoms with Gasteiger partial charge in [0.15, 0.2) is 0 Å². The van der Waals surface area contributed by atoms with Crippen LogP contribution in [0, 0.1) is 0 Å². The minimum atomic E-state index is -0.384. The maximum Gasteiger partial charge on any atom is 0.262 e. The van der Waals surface area contributed by atoms with Gasteiger partial charge >= 0.3 is 0 Å². The quantitative estimate of drug-likeness (QED) is 0.472. The van der Waals surface area contributed by atoms with Gasteiger partial charge in [-0.15, -0.1) is 0 Å². The topological polar surface area (TPSA) is 53.5 Å². The highest BCUT2D eigenvalue weighted by molar-refractivity contribution is 5.90. The Balaban J connectivity index is 1.60. The van der Waals surface area contributed by atoms with Gasteiger partial charge in [0.05, 0.1) is 0 Å². The van der Waals surface area contributed by atoms with Crippen LogP contribution in [0.4, 0.5) is 5.69 Å². The zero-order chi connectivity index (χ0) is 19.1. The van der Waals surface area contributed by atoms with Gasteiger partial charge in [0.25, 0.3) is 5.91 Å². The monoisotopic (exact) mass is 359 g/mol. The highest BCUT2D eigenvalue weighted by Gasteiger charge is 2.12. The average Bonchev–Trinajstić information content (AvgIpc) is 2.71. The van der Waals surface area contributed by atoms with Crippen LogP contribution in [0.3, 0.4) is 0 Å². The molecule has 0 aliphatic heterocycles. The summed E-state index contributed by atoms with van der Waals surface area (Å²) >= 11 is 0. The molecule has 0 aromatic heterocycles. The number of nitrogens with one attached hydrogen (secondary N) is 2. The van der Waals surface area contributed by atoms with Crippen molar-refractivity contribution in [1.82, 2.24) is 5.43 Å². The van der Waals surface area contributed by atoms with E-state index in [-0.39, 0.29) is 11.9 Å². The summed E-state index contributed by atoms with van der Waals surface area (Å²) in [6, 6.07) is 24.0. The molecule has 3 aromatic carbocycles. The number of nitrogens with zero attached hydrogens (tertiary/aromatic N) is 1. The van der Waals surface area contributed by atoms with E-state index in [1.54, 1.807) is 0 Å². The van der Waals surface area contributed by atoms with Crippen LogP contribution in [-0.4, -0.2) is 17.7 Å². The molecule has 3 rings (SSSR count). The van der Waals surface area contributed by atoms with Crippen LogP contribution in [0.15, 0.2) is 77.9 Å². The number of carbonyl (C=O) groups is 1. The fraction of sp³-hybridized carbons (Fsp3) is 0.217. The highest BCUT2D eigenvalue weighted by Crippen LogP contribution is 2.19. The summed E-state index contributed by atoms with van der Waals surface area (Å²) in [4.78, 5) is 12.4. The molecule has 138 valence electrons. The van der Waals surface area contributed by atoms with E-state index in [1.165, 1.54) is 10.9 Å². The maximum atomic E-state index is 12.4. The fourth-order valence-corrected chi connectivity index (χ4v) is 2.90. The third-order valence-electron chi connectivity index (χ3n) is 4.51. The summed E-state index contributed by atoms with van der Waals surface area (Å²) in [7, 11) is 0. The molecule has 0 aliphatic rings. The molecule has 0 spiro atoms. The summed E-state index contributed by atoms with van der Waals surface area (Å²) in [6.07, 6.45) is 1.53. The largest absolute Gasteiger partial charge is 0.374 e. The molecule has 0 radical (unpaired) electrons. The number of benzene rings is 3. The van der Waals surface area contributed by atoms with Crippen LogP contribution in [0.1, 0.15) is 25.8 Å². The summed E-state index contributed by atoms with van der Waals surface area (Å²) < 4.78 is 0. The van der Waals surface area contributed by atoms with E-state index in [9.17, 15) is 4.79 Å². The van der Waals surface area contributed by atoms with E-state index in [0.717, 1.165) is 29.6 Å². The van der Waals surface area contributed by atoms with Gasteiger partial charge in [0, 0.05) is 17.8 Å². The van der Waals surface area contributed by atoms with Gasteiger partial charge in [-0.05, 0) is 41.8 Å². The molecule has 1 unspecified atom stereocenters. The Morgan fingerprint density at radius 2 is 1.67 bits per heavy atom. The first-order valence-corrected chi connectivity index (χ1v) is 9.30. The van der Waals surface area contributed by atoms with Gasteiger partial charge in [0.2, 0.25) is 0 Å². The molecule has 0 heterocycles. The van der Waals surface area contributed by atoms with Crippen LogP contribution < -0.4 is 10.7 Å². The molecular formula is C23H25N3O. The zero-order valence-electron chi connectivity index (χ0n) is 15.8. The minimum absolute atomic E-state index is 0.151. The molecule has 0 saturated carbocycles. The van der Waals surface area contributed by atoms with E-state index in [1.807, 2.05) is 50.2 Å². The van der Waals surface area contributed by atoms with Crippen molar-refractivity contribution in [2.45, 2.75) is 32.7 Å². The summed E-state index contributed by atoms with van der Waals surface area (Å²) in [5.41, 5.74) is 5.76. The number of hydrogen-bond acceptors (Lipinski definition) is 3. The summed E-state index contributed by atoms with van der Waals surface area (Å²) in [6.45, 7) is 3.88. The van der Waals surface area contributed by atoms with Crippen molar-refractivity contribution in [1.29, 1.82) is 0 Å². The first-order chi connectivity index (χ1) is 13.2. The predicted octanol–water partition coefficient (Wildman–Crippen LogP) is 4.77. The number of fused-ring (bicyclic) bond motifs is 1. The molecule has 4 heteroatoms. The Labute approximate surface area is 160 Å². The second kappa shape index (κ2) is 8.99. The SMILES string of the molecule is CC/C(Cc1ccccc1)=N\NC(=O)C(C)Nc1ccc2ccccc2c1. The molecule has 4 nitrogen and oxygen atoms in total. The van der Waals surface area contributed by atoms with Crippen LogP contribution in [0.25, 0.3) is 10.8 Å². The van der Waals surface area contributed by atoms with E-state index in [2.05, 4.69) is 52.2 Å². The van der Waals surface area contributed by atoms with E-state index in [0.29, 0.717) is 0 Å². The van der Waals surface area contributed by atoms with Gasteiger partial charge in [-0.3, -0.25) is 4.79 Å². The van der Waals surface area contributed by atoms with Crippen LogP contribution >= 0.6 is 0 Å². The number of hydrazone groups is 1. The fourth-order valence-electron chi connectivity index (χ4n) is 2.90. The Bertz CT molecular complexity index is 935. The Kier molecular flexibility index (Phi) is 6.21. The maximum absolute atomic E-state index is 12.4. The lowest BCUT2D eigenvalue weighted by Crippen LogP contribution is -2.35. The zero-order valence-corrected chi connectivity index (χ0v) is 15.8. The molecule has 1 amide bonds. The molecule has 0 saturated heterocycles. The average molecular weight is 359 g/mol. The number of anilines is 1. The van der Waals surface area contributed by atoms with Crippen molar-refractivity contribution in [3.8, 4) is 0 Å². The molecule has 27 heavy (non-hydrogen) atoms. The van der Waals surface area contributed by atoms with Crippen molar-refractivity contribution in [3.05, 3.63) is 78.4 Å². The van der Waals surface area contributed by atoms with Gasteiger partial charge in [-0.25, -0.2) is 5.43 Å². The third-order valence-corrected chi connectivity index (χ3v) is 4.51. The van der Waals surface area contributed by atoms with Gasteiger partial charge in [-0.1, -0.05) is 67.6 Å². The lowest BCUT2D eigenvalue weighted by atomic mass is 10.1. The van der Waals surface area contributed by atoms with E-state index >= 15 is 0 Å². The van der Waals surface area contributed by atoms with Gasteiger partial charge in [-0.2, -0.15) is 5.10 Å². The molecule has 3 aromatic rings. The van der Waals surface area contributed by atoms with Gasteiger partial charge < -0.3 is 5.32 Å². The van der Waals surface area contributed by atoms with Crippen molar-refractivity contribution < 1.29 is 4.79 Å².